The summed E-state index contributed by atoms with van der Waals surface area (Å²) in [6, 6.07) is 0. The molecule has 2 nitrogen and oxygen atoms in total. The number of ether oxygens (including phenoxy) is 1. The lowest BCUT2D eigenvalue weighted by molar-refractivity contribution is -0.157. The van der Waals surface area contributed by atoms with Crippen molar-refractivity contribution in [2.24, 2.45) is 5.92 Å². The van der Waals surface area contributed by atoms with E-state index in [1.807, 2.05) is 20.8 Å². The zero-order chi connectivity index (χ0) is 11.9. The minimum Gasteiger partial charge on any atom is -0.460 e. The van der Waals surface area contributed by atoms with Crippen molar-refractivity contribution in [2.75, 3.05) is 0 Å². The molecule has 0 heterocycles. The summed E-state index contributed by atoms with van der Waals surface area (Å²) >= 11 is 0. The molecule has 0 saturated carbocycles. The zero-order valence-corrected chi connectivity index (χ0v) is 10.9. The molecular formula is C13H26O2. The van der Waals surface area contributed by atoms with Gasteiger partial charge in [-0.3, -0.25) is 4.79 Å². The van der Waals surface area contributed by atoms with Crippen LogP contribution in [0.25, 0.3) is 0 Å². The molecule has 0 fully saturated rings. The highest BCUT2D eigenvalue weighted by molar-refractivity contribution is 5.70. The first kappa shape index (κ1) is 14.5. The van der Waals surface area contributed by atoms with Gasteiger partial charge < -0.3 is 4.74 Å². The number of hydrogen-bond acceptors (Lipinski definition) is 2. The summed E-state index contributed by atoms with van der Waals surface area (Å²) in [5.74, 6) is 0.456. The summed E-state index contributed by atoms with van der Waals surface area (Å²) in [6.45, 7) is 10.3. The van der Waals surface area contributed by atoms with Crippen LogP contribution >= 0.6 is 0 Å². The van der Waals surface area contributed by atoms with E-state index in [0.717, 1.165) is 25.7 Å². The molecule has 0 bridgehead atoms. The Morgan fingerprint density at radius 2 is 1.87 bits per heavy atom. The minimum atomic E-state index is -0.304. The lowest BCUT2D eigenvalue weighted by Gasteiger charge is -2.24. The Balaban J connectivity index is 4.01. The molecule has 0 aliphatic carbocycles. The lowest BCUT2D eigenvalue weighted by atomic mass is 9.97. The zero-order valence-electron chi connectivity index (χ0n) is 10.9. The molecule has 0 aliphatic rings. The third-order valence-electron chi connectivity index (χ3n) is 2.97. The summed E-state index contributed by atoms with van der Waals surface area (Å²) in [4.78, 5) is 11.6. The average Bonchev–Trinajstić information content (AvgIpc) is 2.16. The summed E-state index contributed by atoms with van der Waals surface area (Å²) in [6.07, 6.45) is 4.77. The SMILES string of the molecule is CCCC(CC)CC(=O)OC(C)(C)CC. The molecular weight excluding hydrogens is 188 g/mol. The Bertz CT molecular complexity index is 185. The first-order valence-electron chi connectivity index (χ1n) is 6.17. The van der Waals surface area contributed by atoms with Crippen molar-refractivity contribution in [3.05, 3.63) is 0 Å². The fourth-order valence-corrected chi connectivity index (χ4v) is 1.52. The molecule has 0 aromatic heterocycles. The Labute approximate surface area is 94.4 Å². The van der Waals surface area contributed by atoms with Crippen LogP contribution in [0.3, 0.4) is 0 Å². The Morgan fingerprint density at radius 3 is 2.27 bits per heavy atom. The minimum absolute atomic E-state index is 0.0397. The molecule has 0 spiro atoms. The number of carbonyl (C=O) groups is 1. The molecule has 1 unspecified atom stereocenters. The summed E-state index contributed by atoms with van der Waals surface area (Å²) < 4.78 is 5.43. The van der Waals surface area contributed by atoms with E-state index in [1.54, 1.807) is 0 Å². The van der Waals surface area contributed by atoms with Crippen molar-refractivity contribution in [3.63, 3.8) is 0 Å². The van der Waals surface area contributed by atoms with Gasteiger partial charge in [-0.1, -0.05) is 40.0 Å². The highest BCUT2D eigenvalue weighted by atomic mass is 16.6. The summed E-state index contributed by atoms with van der Waals surface area (Å²) in [7, 11) is 0. The largest absolute Gasteiger partial charge is 0.460 e. The average molecular weight is 214 g/mol. The fourth-order valence-electron chi connectivity index (χ4n) is 1.52. The highest BCUT2D eigenvalue weighted by Crippen LogP contribution is 2.20. The van der Waals surface area contributed by atoms with E-state index in [-0.39, 0.29) is 11.6 Å². The number of esters is 1. The Hall–Kier alpha value is -0.530. The molecule has 0 rings (SSSR count). The second-order valence-corrected chi connectivity index (χ2v) is 4.85. The molecule has 0 aromatic rings. The molecule has 0 aromatic carbocycles. The van der Waals surface area contributed by atoms with Crippen molar-refractivity contribution in [1.82, 2.24) is 0 Å². The number of carbonyl (C=O) groups excluding carboxylic acids is 1. The Morgan fingerprint density at radius 1 is 1.27 bits per heavy atom. The van der Waals surface area contributed by atoms with Crippen LogP contribution in [0.5, 0.6) is 0 Å². The van der Waals surface area contributed by atoms with Gasteiger partial charge in [0.1, 0.15) is 5.60 Å². The van der Waals surface area contributed by atoms with Gasteiger partial charge in [0.15, 0.2) is 0 Å². The van der Waals surface area contributed by atoms with Crippen LogP contribution < -0.4 is 0 Å². The number of rotatable bonds is 7. The van der Waals surface area contributed by atoms with E-state index in [2.05, 4.69) is 13.8 Å². The van der Waals surface area contributed by atoms with Crippen LogP contribution in [0.2, 0.25) is 0 Å². The van der Waals surface area contributed by atoms with Crippen molar-refractivity contribution in [3.8, 4) is 0 Å². The van der Waals surface area contributed by atoms with E-state index in [1.165, 1.54) is 0 Å². The fraction of sp³-hybridized carbons (Fsp3) is 0.923. The van der Waals surface area contributed by atoms with Crippen molar-refractivity contribution in [2.45, 2.75) is 72.3 Å². The van der Waals surface area contributed by atoms with Crippen LogP contribution in [-0.2, 0) is 9.53 Å². The number of hydrogen-bond donors (Lipinski definition) is 0. The molecule has 90 valence electrons. The molecule has 0 radical (unpaired) electrons. The second kappa shape index (κ2) is 6.86. The monoisotopic (exact) mass is 214 g/mol. The van der Waals surface area contributed by atoms with Crippen LogP contribution in [0.4, 0.5) is 0 Å². The van der Waals surface area contributed by atoms with Crippen LogP contribution in [0.1, 0.15) is 66.7 Å². The van der Waals surface area contributed by atoms with Gasteiger partial charge in [-0.15, -0.1) is 0 Å². The molecule has 15 heavy (non-hydrogen) atoms. The maximum Gasteiger partial charge on any atom is 0.306 e. The highest BCUT2D eigenvalue weighted by Gasteiger charge is 2.21. The smallest absolute Gasteiger partial charge is 0.306 e. The third-order valence-corrected chi connectivity index (χ3v) is 2.97. The normalized spacial score (nSPS) is 13.7. The molecule has 0 N–H and O–H groups in total. The van der Waals surface area contributed by atoms with Crippen LogP contribution in [0.15, 0.2) is 0 Å². The van der Waals surface area contributed by atoms with Gasteiger partial charge in [0.05, 0.1) is 0 Å². The maximum absolute atomic E-state index is 11.6. The van der Waals surface area contributed by atoms with Crippen LogP contribution in [-0.4, -0.2) is 11.6 Å². The predicted molar refractivity (Wildman–Crippen MR) is 63.8 cm³/mol. The van der Waals surface area contributed by atoms with Gasteiger partial charge >= 0.3 is 5.97 Å². The first-order valence-corrected chi connectivity index (χ1v) is 6.17. The van der Waals surface area contributed by atoms with E-state index in [4.69, 9.17) is 4.74 Å². The second-order valence-electron chi connectivity index (χ2n) is 4.85. The van der Waals surface area contributed by atoms with E-state index < -0.39 is 0 Å². The molecule has 0 amide bonds. The van der Waals surface area contributed by atoms with Gasteiger partial charge in [-0.25, -0.2) is 0 Å². The molecule has 1 atom stereocenters. The summed E-state index contributed by atoms with van der Waals surface area (Å²) in [5.41, 5.74) is -0.304. The molecule has 2 heteroatoms. The van der Waals surface area contributed by atoms with E-state index in [9.17, 15) is 4.79 Å². The van der Waals surface area contributed by atoms with Crippen molar-refractivity contribution >= 4 is 5.97 Å². The Kier molecular flexibility index (Phi) is 6.62. The topological polar surface area (TPSA) is 26.3 Å². The van der Waals surface area contributed by atoms with Gasteiger partial charge in [0.25, 0.3) is 0 Å². The van der Waals surface area contributed by atoms with Gasteiger partial charge in [0.2, 0.25) is 0 Å². The predicted octanol–water partition coefficient (Wildman–Crippen LogP) is 3.93. The van der Waals surface area contributed by atoms with Gasteiger partial charge in [0, 0.05) is 6.42 Å². The van der Waals surface area contributed by atoms with Crippen LogP contribution in [0, 0.1) is 5.92 Å². The molecule has 0 aliphatic heterocycles. The third kappa shape index (κ3) is 6.53. The van der Waals surface area contributed by atoms with Crippen molar-refractivity contribution in [1.29, 1.82) is 0 Å². The maximum atomic E-state index is 11.6. The molecule has 0 saturated heterocycles. The van der Waals surface area contributed by atoms with Gasteiger partial charge in [-0.2, -0.15) is 0 Å². The quantitative estimate of drug-likeness (QED) is 0.600. The van der Waals surface area contributed by atoms with E-state index >= 15 is 0 Å². The summed E-state index contributed by atoms with van der Waals surface area (Å²) in [5, 5.41) is 0. The lowest BCUT2D eigenvalue weighted by Crippen LogP contribution is -2.28. The standard InChI is InChI=1S/C13H26O2/c1-6-9-11(7-2)10-12(14)15-13(4,5)8-3/h11H,6-10H2,1-5H3. The van der Waals surface area contributed by atoms with E-state index in [0.29, 0.717) is 12.3 Å². The van der Waals surface area contributed by atoms with Gasteiger partial charge in [-0.05, 0) is 26.2 Å². The first-order chi connectivity index (χ1) is 6.95. The van der Waals surface area contributed by atoms with Crippen molar-refractivity contribution < 1.29 is 9.53 Å².